The van der Waals surface area contributed by atoms with E-state index in [0.717, 1.165) is 20.1 Å². The van der Waals surface area contributed by atoms with Gasteiger partial charge in [-0.3, -0.25) is 9.36 Å². The molecule has 240 valence electrons. The maximum atomic E-state index is 14.1. The second kappa shape index (κ2) is 14.4. The number of aryl methyl sites for hydroxylation is 1. The molecule has 0 saturated heterocycles. The lowest BCUT2D eigenvalue weighted by atomic mass is 9.95. The summed E-state index contributed by atoms with van der Waals surface area (Å²) in [5, 5.41) is 0. The van der Waals surface area contributed by atoms with Gasteiger partial charge in [-0.15, -0.1) is 0 Å². The highest BCUT2D eigenvalue weighted by Crippen LogP contribution is 2.37. The molecule has 0 saturated carbocycles. The molecular formula is C35H34Br2N2O6S. The SMILES string of the molecule is CCOC(=O)C1=C(C)N=c2s/c(=C\c3cc(Br)c(OCc4cccc(C)c4)c(Br)c3)c(=O)n2[C@@H]1c1ccc(OC(C)C)c(OC)c1. The van der Waals surface area contributed by atoms with Crippen LogP contribution in [0.2, 0.25) is 0 Å². The third kappa shape index (κ3) is 7.16. The molecule has 0 spiro atoms. The molecule has 0 N–H and O–H groups in total. The standard InChI is InChI=1S/C35H34Br2N2O6S/c1-7-43-34(41)30-21(5)38-35-39(31(30)24-11-12-27(45-19(2)3)28(17-24)42-6)33(40)29(46-35)16-23-14-25(36)32(26(37)15-23)44-18-22-10-8-9-20(4)13-22/h8-17,19,31H,7,18H2,1-6H3/b29-16-/t31-/m1/s1. The number of benzene rings is 3. The van der Waals surface area contributed by atoms with E-state index in [4.69, 9.17) is 18.9 Å². The van der Waals surface area contributed by atoms with E-state index in [2.05, 4.69) is 42.9 Å². The summed E-state index contributed by atoms with van der Waals surface area (Å²) < 4.78 is 26.6. The van der Waals surface area contributed by atoms with Crippen molar-refractivity contribution in [3.63, 3.8) is 0 Å². The Bertz CT molecular complexity index is 1990. The number of aromatic nitrogens is 1. The van der Waals surface area contributed by atoms with E-state index in [1.165, 1.54) is 16.9 Å². The van der Waals surface area contributed by atoms with Crippen molar-refractivity contribution in [1.29, 1.82) is 0 Å². The Morgan fingerprint density at radius 1 is 1.07 bits per heavy atom. The number of allylic oxidation sites excluding steroid dienone is 1. The highest BCUT2D eigenvalue weighted by atomic mass is 79.9. The van der Waals surface area contributed by atoms with Crippen molar-refractivity contribution in [2.75, 3.05) is 13.7 Å². The molecule has 8 nitrogen and oxygen atoms in total. The molecule has 5 rings (SSSR count). The molecule has 0 aliphatic carbocycles. The van der Waals surface area contributed by atoms with Gasteiger partial charge in [0.25, 0.3) is 5.56 Å². The van der Waals surface area contributed by atoms with Crippen LogP contribution in [0.5, 0.6) is 17.2 Å². The van der Waals surface area contributed by atoms with Gasteiger partial charge in [0, 0.05) is 0 Å². The fourth-order valence-electron chi connectivity index (χ4n) is 5.22. The van der Waals surface area contributed by atoms with Crippen molar-refractivity contribution in [2.45, 2.75) is 53.4 Å². The zero-order valence-corrected chi connectivity index (χ0v) is 30.3. The van der Waals surface area contributed by atoms with Gasteiger partial charge in [-0.25, -0.2) is 9.79 Å². The van der Waals surface area contributed by atoms with Gasteiger partial charge >= 0.3 is 5.97 Å². The van der Waals surface area contributed by atoms with Crippen LogP contribution in [-0.2, 0) is 16.1 Å². The average Bonchev–Trinajstić information content (AvgIpc) is 3.29. The summed E-state index contributed by atoms with van der Waals surface area (Å²) in [7, 11) is 1.56. The lowest BCUT2D eigenvalue weighted by Crippen LogP contribution is -2.40. The van der Waals surface area contributed by atoms with Crippen molar-refractivity contribution in [1.82, 2.24) is 4.57 Å². The summed E-state index contributed by atoms with van der Waals surface area (Å²) in [4.78, 5) is 32.6. The third-order valence-electron chi connectivity index (χ3n) is 7.17. The van der Waals surface area contributed by atoms with Crippen molar-refractivity contribution < 1.29 is 23.7 Å². The van der Waals surface area contributed by atoms with Crippen molar-refractivity contribution >= 4 is 55.2 Å². The first-order chi connectivity index (χ1) is 22.0. The van der Waals surface area contributed by atoms with Crippen LogP contribution in [0.4, 0.5) is 0 Å². The summed E-state index contributed by atoms with van der Waals surface area (Å²) in [5.41, 5.74) is 4.17. The number of thiazole rings is 1. The molecule has 3 aromatic carbocycles. The van der Waals surface area contributed by atoms with Crippen LogP contribution in [0.1, 0.15) is 56.0 Å². The van der Waals surface area contributed by atoms with E-state index >= 15 is 0 Å². The summed E-state index contributed by atoms with van der Waals surface area (Å²) in [6.07, 6.45) is 1.74. The first kappa shape index (κ1) is 33.7. The van der Waals surface area contributed by atoms with Crippen LogP contribution in [0, 0.1) is 6.92 Å². The molecule has 1 aromatic heterocycles. The minimum atomic E-state index is -0.782. The van der Waals surface area contributed by atoms with E-state index in [9.17, 15) is 9.59 Å². The molecule has 2 heterocycles. The molecular weight excluding hydrogens is 736 g/mol. The van der Waals surface area contributed by atoms with Gasteiger partial charge in [0.15, 0.2) is 16.3 Å². The number of fused-ring (bicyclic) bond motifs is 1. The van der Waals surface area contributed by atoms with E-state index in [1.807, 2.05) is 63.2 Å². The molecule has 1 aliphatic rings. The summed E-state index contributed by atoms with van der Waals surface area (Å²) in [6.45, 7) is 10.0. The second-order valence-corrected chi connectivity index (χ2v) is 13.7. The molecule has 0 fully saturated rings. The highest BCUT2D eigenvalue weighted by molar-refractivity contribution is 9.11. The number of esters is 1. The minimum absolute atomic E-state index is 0.0662. The van der Waals surface area contributed by atoms with E-state index in [-0.39, 0.29) is 18.3 Å². The van der Waals surface area contributed by atoms with Crippen LogP contribution in [0.25, 0.3) is 6.08 Å². The number of halogens is 2. The van der Waals surface area contributed by atoms with Gasteiger partial charge in [-0.2, -0.15) is 0 Å². The molecule has 46 heavy (non-hydrogen) atoms. The number of methoxy groups -OCH3 is 1. The van der Waals surface area contributed by atoms with Crippen molar-refractivity contribution in [3.05, 3.63) is 117 Å². The molecule has 0 bridgehead atoms. The smallest absolute Gasteiger partial charge is 0.338 e. The van der Waals surface area contributed by atoms with Gasteiger partial charge in [0.2, 0.25) is 0 Å². The number of ether oxygens (including phenoxy) is 4. The molecule has 0 unspecified atom stereocenters. The molecule has 4 aromatic rings. The Morgan fingerprint density at radius 3 is 2.46 bits per heavy atom. The first-order valence-electron chi connectivity index (χ1n) is 14.7. The van der Waals surface area contributed by atoms with Gasteiger partial charge < -0.3 is 18.9 Å². The fraction of sp³-hybridized carbons (Fsp3) is 0.286. The van der Waals surface area contributed by atoms with Crippen LogP contribution < -0.4 is 29.1 Å². The monoisotopic (exact) mass is 768 g/mol. The maximum absolute atomic E-state index is 14.1. The third-order valence-corrected chi connectivity index (χ3v) is 9.33. The van der Waals surface area contributed by atoms with Gasteiger partial charge in [0.05, 0.1) is 50.6 Å². The van der Waals surface area contributed by atoms with Crippen LogP contribution >= 0.6 is 43.2 Å². The average molecular weight is 771 g/mol. The molecule has 0 radical (unpaired) electrons. The normalized spacial score (nSPS) is 14.6. The van der Waals surface area contributed by atoms with Crippen LogP contribution in [-0.4, -0.2) is 30.4 Å². The highest BCUT2D eigenvalue weighted by Gasteiger charge is 2.34. The van der Waals surface area contributed by atoms with Crippen LogP contribution in [0.3, 0.4) is 0 Å². The molecule has 0 amide bonds. The Hall–Kier alpha value is -3.67. The largest absolute Gasteiger partial charge is 0.493 e. The molecule has 1 atom stereocenters. The second-order valence-electron chi connectivity index (χ2n) is 11.0. The summed E-state index contributed by atoms with van der Waals surface area (Å²) in [5.74, 6) is 1.19. The lowest BCUT2D eigenvalue weighted by Gasteiger charge is -2.25. The van der Waals surface area contributed by atoms with E-state index in [0.29, 0.717) is 50.0 Å². The van der Waals surface area contributed by atoms with Gasteiger partial charge in [-0.05, 0) is 114 Å². The zero-order valence-electron chi connectivity index (χ0n) is 26.4. The summed E-state index contributed by atoms with van der Waals surface area (Å²) in [6, 6.07) is 16.6. The number of hydrogen-bond acceptors (Lipinski definition) is 8. The predicted octanol–water partition coefficient (Wildman–Crippen LogP) is 7.01. The van der Waals surface area contributed by atoms with E-state index in [1.54, 1.807) is 37.7 Å². The number of carbonyl (C=O) groups excluding carboxylic acids is 1. The van der Waals surface area contributed by atoms with Gasteiger partial charge in [-0.1, -0.05) is 47.2 Å². The summed E-state index contributed by atoms with van der Waals surface area (Å²) >= 11 is 8.54. The molecule has 1 aliphatic heterocycles. The first-order valence-corrected chi connectivity index (χ1v) is 17.1. The number of hydrogen-bond donors (Lipinski definition) is 0. The van der Waals surface area contributed by atoms with Crippen LogP contribution in [0.15, 0.2) is 84.6 Å². The van der Waals surface area contributed by atoms with Crippen molar-refractivity contribution in [2.24, 2.45) is 4.99 Å². The Balaban J connectivity index is 1.58. The fourth-order valence-corrected chi connectivity index (χ4v) is 7.72. The predicted molar refractivity (Wildman–Crippen MR) is 187 cm³/mol. The quantitative estimate of drug-likeness (QED) is 0.162. The topological polar surface area (TPSA) is 88.4 Å². The van der Waals surface area contributed by atoms with Gasteiger partial charge in [0.1, 0.15) is 12.4 Å². The number of rotatable bonds is 10. The molecule has 11 heteroatoms. The Morgan fingerprint density at radius 2 is 1.80 bits per heavy atom. The zero-order chi connectivity index (χ0) is 33.1. The Kier molecular flexibility index (Phi) is 10.5. The van der Waals surface area contributed by atoms with E-state index < -0.39 is 12.0 Å². The Labute approximate surface area is 288 Å². The minimum Gasteiger partial charge on any atom is -0.493 e. The lowest BCUT2D eigenvalue weighted by molar-refractivity contribution is -0.139. The maximum Gasteiger partial charge on any atom is 0.338 e. The number of nitrogens with zero attached hydrogens (tertiary/aromatic N) is 2. The van der Waals surface area contributed by atoms with Crippen molar-refractivity contribution in [3.8, 4) is 17.2 Å². The number of carbonyl (C=O) groups is 1.